The molecule has 1 aromatic heterocycles. The molecule has 1 unspecified atom stereocenters. The number of ether oxygens (including phenoxy) is 2. The summed E-state index contributed by atoms with van der Waals surface area (Å²) in [6.07, 6.45) is 3.01. The first-order valence-electron chi connectivity index (χ1n) is 10.7. The first-order chi connectivity index (χ1) is 13.9. The minimum absolute atomic E-state index is 0.130. The van der Waals surface area contributed by atoms with Crippen molar-refractivity contribution in [1.29, 1.82) is 0 Å². The first-order valence-corrected chi connectivity index (χ1v) is 10.7. The fourth-order valence-electron chi connectivity index (χ4n) is 3.40. The monoisotopic (exact) mass is 394 g/mol. The van der Waals surface area contributed by atoms with Gasteiger partial charge >= 0.3 is 0 Å². The number of nitrogens with zero attached hydrogens (tertiary/aromatic N) is 2. The Kier molecular flexibility index (Phi) is 6.94. The van der Waals surface area contributed by atoms with Gasteiger partial charge in [0.1, 0.15) is 11.4 Å². The van der Waals surface area contributed by atoms with Crippen molar-refractivity contribution in [3.63, 3.8) is 0 Å². The Morgan fingerprint density at radius 1 is 1.21 bits per heavy atom. The van der Waals surface area contributed by atoms with Crippen molar-refractivity contribution in [2.45, 2.75) is 60.4 Å². The molecule has 0 aliphatic carbocycles. The Hall–Kier alpha value is -2.36. The number of unbranched alkanes of at least 4 members (excludes halogenated alkanes) is 1. The highest BCUT2D eigenvalue weighted by Crippen LogP contribution is 2.37. The minimum atomic E-state index is 0.130. The third-order valence-corrected chi connectivity index (χ3v) is 5.56. The molecule has 0 N–H and O–H groups in total. The number of rotatable bonds is 6. The number of aliphatic imine (C=N–C) groups is 1. The molecule has 0 radical (unpaired) electrons. The summed E-state index contributed by atoms with van der Waals surface area (Å²) in [5, 5.41) is 0. The van der Waals surface area contributed by atoms with Crippen LogP contribution in [0.5, 0.6) is 11.5 Å². The molecule has 2 heterocycles. The maximum absolute atomic E-state index is 6.25. The van der Waals surface area contributed by atoms with Crippen LogP contribution in [-0.4, -0.2) is 23.9 Å². The molecule has 0 saturated heterocycles. The van der Waals surface area contributed by atoms with Crippen LogP contribution in [0.3, 0.4) is 0 Å². The molecule has 156 valence electrons. The molecule has 0 fully saturated rings. The van der Waals surface area contributed by atoms with E-state index in [1.807, 2.05) is 19.1 Å². The van der Waals surface area contributed by atoms with E-state index in [0.29, 0.717) is 25.7 Å². The summed E-state index contributed by atoms with van der Waals surface area (Å²) in [5.74, 6) is 1.98. The number of benzene rings is 1. The maximum atomic E-state index is 6.25. The van der Waals surface area contributed by atoms with E-state index >= 15 is 0 Å². The molecule has 4 nitrogen and oxygen atoms in total. The van der Waals surface area contributed by atoms with Crippen LogP contribution in [0.1, 0.15) is 63.9 Å². The average Bonchev–Trinajstić information content (AvgIpc) is 2.87. The lowest BCUT2D eigenvalue weighted by Gasteiger charge is -2.29. The summed E-state index contributed by atoms with van der Waals surface area (Å²) in [6, 6.07) is 12.4. The van der Waals surface area contributed by atoms with Crippen molar-refractivity contribution in [3.05, 3.63) is 53.3 Å². The van der Waals surface area contributed by atoms with E-state index < -0.39 is 0 Å². The number of hydrogen-bond acceptors (Lipinski definition) is 4. The molecule has 3 rings (SSSR count). The second-order valence-electron chi connectivity index (χ2n) is 8.95. The van der Waals surface area contributed by atoms with Gasteiger partial charge in [0.05, 0.1) is 31.2 Å². The van der Waals surface area contributed by atoms with E-state index in [0.717, 1.165) is 47.9 Å². The van der Waals surface area contributed by atoms with Gasteiger partial charge in [0.15, 0.2) is 5.75 Å². The van der Waals surface area contributed by atoms with Gasteiger partial charge in [0, 0.05) is 12.0 Å². The zero-order valence-electron chi connectivity index (χ0n) is 18.5. The number of aryl methyl sites for hydroxylation is 1. The highest BCUT2D eigenvalue weighted by molar-refractivity contribution is 6.01. The molecule has 1 aromatic carbocycles. The van der Waals surface area contributed by atoms with Gasteiger partial charge in [-0.05, 0) is 30.7 Å². The molecule has 0 amide bonds. The molecule has 0 spiro atoms. The zero-order valence-corrected chi connectivity index (χ0v) is 18.5. The van der Waals surface area contributed by atoms with Crippen molar-refractivity contribution in [2.24, 2.45) is 16.3 Å². The molecular formula is C25H34N2O2. The molecule has 29 heavy (non-hydrogen) atoms. The SMILES string of the molecule is CCCCOc1cc2c(nc1C)C(=NCc1ccccc1)CC(C(C)(C)C)CO2. The topological polar surface area (TPSA) is 43.7 Å². The molecule has 1 aliphatic heterocycles. The highest BCUT2D eigenvalue weighted by atomic mass is 16.5. The zero-order chi connectivity index (χ0) is 20.9. The third kappa shape index (κ3) is 5.59. The van der Waals surface area contributed by atoms with E-state index in [4.69, 9.17) is 19.5 Å². The first kappa shape index (κ1) is 21.4. The van der Waals surface area contributed by atoms with Gasteiger partial charge in [0.25, 0.3) is 0 Å². The van der Waals surface area contributed by atoms with E-state index in [9.17, 15) is 0 Å². The van der Waals surface area contributed by atoms with Gasteiger partial charge in [-0.2, -0.15) is 0 Å². The van der Waals surface area contributed by atoms with Gasteiger partial charge in [-0.15, -0.1) is 0 Å². The number of pyridine rings is 1. The summed E-state index contributed by atoms with van der Waals surface area (Å²) >= 11 is 0. The molecule has 1 atom stereocenters. The largest absolute Gasteiger partial charge is 0.492 e. The second kappa shape index (κ2) is 9.43. The number of fused-ring (bicyclic) bond motifs is 1. The summed E-state index contributed by atoms with van der Waals surface area (Å²) in [5.41, 5.74) is 4.13. The summed E-state index contributed by atoms with van der Waals surface area (Å²) in [4.78, 5) is 9.88. The summed E-state index contributed by atoms with van der Waals surface area (Å²) < 4.78 is 12.2. The Balaban J connectivity index is 1.95. The molecule has 0 saturated carbocycles. The second-order valence-corrected chi connectivity index (χ2v) is 8.95. The van der Waals surface area contributed by atoms with Crippen LogP contribution >= 0.6 is 0 Å². The molecule has 0 bridgehead atoms. The molecular weight excluding hydrogens is 360 g/mol. The lowest BCUT2D eigenvalue weighted by atomic mass is 9.78. The van der Waals surface area contributed by atoms with Gasteiger partial charge in [-0.1, -0.05) is 64.4 Å². The quantitative estimate of drug-likeness (QED) is 0.564. The van der Waals surface area contributed by atoms with Crippen LogP contribution in [0.2, 0.25) is 0 Å². The van der Waals surface area contributed by atoms with E-state index in [-0.39, 0.29) is 5.41 Å². The van der Waals surface area contributed by atoms with Crippen LogP contribution in [0, 0.1) is 18.3 Å². The highest BCUT2D eigenvalue weighted by Gasteiger charge is 2.32. The Labute approximate surface area is 175 Å². The van der Waals surface area contributed by atoms with E-state index in [1.165, 1.54) is 5.56 Å². The third-order valence-electron chi connectivity index (χ3n) is 5.56. The lowest BCUT2D eigenvalue weighted by Crippen LogP contribution is -2.27. The standard InChI is InChI=1S/C25H34N2O2/c1-6-7-13-28-22-15-23-24(27-18(22)2)21(14-20(17-29-23)25(3,4)5)26-16-19-11-9-8-10-12-19/h8-12,15,20H,6-7,13-14,16-17H2,1-5H3. The van der Waals surface area contributed by atoms with Crippen LogP contribution in [0.4, 0.5) is 0 Å². The van der Waals surface area contributed by atoms with Crippen LogP contribution < -0.4 is 9.47 Å². The van der Waals surface area contributed by atoms with Crippen LogP contribution in [0.25, 0.3) is 0 Å². The Morgan fingerprint density at radius 2 is 1.97 bits per heavy atom. The fraction of sp³-hybridized carbons (Fsp3) is 0.520. The number of hydrogen-bond donors (Lipinski definition) is 0. The molecule has 2 aromatic rings. The predicted octanol–water partition coefficient (Wildman–Crippen LogP) is 6.00. The van der Waals surface area contributed by atoms with Gasteiger partial charge in [-0.3, -0.25) is 4.99 Å². The van der Waals surface area contributed by atoms with E-state index in [2.05, 4.69) is 52.0 Å². The molecule has 1 aliphatic rings. The van der Waals surface area contributed by atoms with Crippen LogP contribution in [0.15, 0.2) is 41.4 Å². The normalized spacial score (nSPS) is 18.1. The lowest BCUT2D eigenvalue weighted by molar-refractivity contribution is 0.155. The van der Waals surface area contributed by atoms with Crippen molar-refractivity contribution in [1.82, 2.24) is 4.98 Å². The average molecular weight is 395 g/mol. The van der Waals surface area contributed by atoms with Gasteiger partial charge < -0.3 is 9.47 Å². The minimum Gasteiger partial charge on any atom is -0.492 e. The fourth-order valence-corrected chi connectivity index (χ4v) is 3.40. The van der Waals surface area contributed by atoms with Crippen molar-refractivity contribution >= 4 is 5.71 Å². The van der Waals surface area contributed by atoms with E-state index in [1.54, 1.807) is 0 Å². The maximum Gasteiger partial charge on any atom is 0.150 e. The smallest absolute Gasteiger partial charge is 0.150 e. The number of aromatic nitrogens is 1. The summed E-state index contributed by atoms with van der Waals surface area (Å²) in [7, 11) is 0. The predicted molar refractivity (Wildman–Crippen MR) is 119 cm³/mol. The molecule has 4 heteroatoms. The van der Waals surface area contributed by atoms with Crippen molar-refractivity contribution < 1.29 is 9.47 Å². The Morgan fingerprint density at radius 3 is 2.66 bits per heavy atom. The van der Waals surface area contributed by atoms with Crippen molar-refractivity contribution in [3.8, 4) is 11.5 Å². The summed E-state index contributed by atoms with van der Waals surface area (Å²) in [6.45, 7) is 13.0. The van der Waals surface area contributed by atoms with Crippen molar-refractivity contribution in [2.75, 3.05) is 13.2 Å². The van der Waals surface area contributed by atoms with Gasteiger partial charge in [0.2, 0.25) is 0 Å². The van der Waals surface area contributed by atoms with Crippen LogP contribution in [-0.2, 0) is 6.54 Å². The Bertz CT molecular complexity index is 838. The van der Waals surface area contributed by atoms with Gasteiger partial charge in [-0.25, -0.2) is 4.98 Å².